The Hall–Kier alpha value is -3.30. The minimum Gasteiger partial charge on any atom is -0.272 e. The van der Waals surface area contributed by atoms with E-state index >= 15 is 0 Å². The minimum atomic E-state index is -3.93. The number of aromatic nitrogens is 2. The van der Waals surface area contributed by atoms with Crippen LogP contribution in [0.25, 0.3) is 16.8 Å². The van der Waals surface area contributed by atoms with Crippen LogP contribution in [0.2, 0.25) is 0 Å². The van der Waals surface area contributed by atoms with E-state index in [9.17, 15) is 18.0 Å². The van der Waals surface area contributed by atoms with Crippen LogP contribution in [-0.2, 0) is 10.0 Å². The molecule has 3 rings (SSSR count). The van der Waals surface area contributed by atoms with Crippen molar-refractivity contribution in [1.29, 1.82) is 0 Å². The van der Waals surface area contributed by atoms with Crippen molar-refractivity contribution < 1.29 is 13.2 Å². The smallest absolute Gasteiger partial charge is 0.272 e. The number of amides is 1. The van der Waals surface area contributed by atoms with Gasteiger partial charge in [0, 0.05) is 10.8 Å². The molecule has 1 amide bonds. The van der Waals surface area contributed by atoms with Crippen molar-refractivity contribution in [3.05, 3.63) is 81.6 Å². The fourth-order valence-electron chi connectivity index (χ4n) is 2.67. The lowest BCUT2D eigenvalue weighted by atomic mass is 10.1. The highest BCUT2D eigenvalue weighted by molar-refractivity contribution is 7.92. The normalized spacial score (nSPS) is 12.0. The van der Waals surface area contributed by atoms with Gasteiger partial charge in [0.05, 0.1) is 11.4 Å². The lowest BCUT2D eigenvalue weighted by Crippen LogP contribution is -2.42. The molecule has 0 aliphatic rings. The van der Waals surface area contributed by atoms with Crippen LogP contribution in [-0.4, -0.2) is 24.1 Å². The van der Waals surface area contributed by atoms with Gasteiger partial charge in [0.1, 0.15) is 0 Å². The van der Waals surface area contributed by atoms with E-state index in [0.717, 1.165) is 5.41 Å². The maximum Gasteiger partial charge on any atom is 0.287 e. The van der Waals surface area contributed by atoms with Gasteiger partial charge in [0.25, 0.3) is 21.5 Å². The third kappa shape index (κ3) is 4.76. The van der Waals surface area contributed by atoms with Crippen molar-refractivity contribution in [2.24, 2.45) is 0 Å². The first-order valence-electron chi connectivity index (χ1n) is 8.85. The number of benzene rings is 2. The van der Waals surface area contributed by atoms with Crippen LogP contribution in [0.3, 0.4) is 0 Å². The molecule has 0 aliphatic heterocycles. The molecule has 0 spiro atoms. The van der Waals surface area contributed by atoms with Crippen LogP contribution in [0.5, 0.6) is 0 Å². The van der Waals surface area contributed by atoms with Crippen LogP contribution in [0.4, 0.5) is 0 Å². The van der Waals surface area contributed by atoms with Crippen LogP contribution in [0.15, 0.2) is 64.8 Å². The molecular weight excluding hydrogens is 392 g/mol. The van der Waals surface area contributed by atoms with Gasteiger partial charge in [0.15, 0.2) is 5.69 Å². The Morgan fingerprint density at radius 3 is 2.31 bits per heavy atom. The van der Waals surface area contributed by atoms with Gasteiger partial charge in [-0.2, -0.15) is 5.10 Å². The molecule has 0 fully saturated rings. The summed E-state index contributed by atoms with van der Waals surface area (Å²) in [5, 5.41) is 5.75. The topological polar surface area (TPSA) is 110 Å². The molecule has 0 bridgehead atoms. The highest BCUT2D eigenvalue weighted by atomic mass is 32.2. The lowest BCUT2D eigenvalue weighted by molar-refractivity contribution is 0.0939. The molecule has 29 heavy (non-hydrogen) atoms. The number of sulfonamides is 1. The molecule has 9 heteroatoms. The van der Waals surface area contributed by atoms with Crippen molar-refractivity contribution in [1.82, 2.24) is 20.0 Å². The van der Waals surface area contributed by atoms with E-state index in [1.54, 1.807) is 62.4 Å². The first-order valence-corrected chi connectivity index (χ1v) is 10.4. The quantitative estimate of drug-likeness (QED) is 0.603. The Balaban J connectivity index is 1.86. The number of nitrogens with one attached hydrogen (secondary N) is 2. The standard InChI is InChI=1S/C20H20N4O4S/c1-14(2)24-20(26)17-11-7-6-10-16(17)18(22-24)19(25)21-23-29(27,28)13-12-15-8-4-3-5-9-15/h3-14,23H,1-2H3,(H,21,25). The molecular formula is C20H20N4O4S. The number of hydrogen-bond acceptors (Lipinski definition) is 5. The molecule has 8 nitrogen and oxygen atoms in total. The van der Waals surface area contributed by atoms with E-state index in [2.05, 4.69) is 10.5 Å². The lowest BCUT2D eigenvalue weighted by Gasteiger charge is -2.13. The summed E-state index contributed by atoms with van der Waals surface area (Å²) in [5.74, 6) is -0.771. The zero-order valence-corrected chi connectivity index (χ0v) is 16.7. The van der Waals surface area contributed by atoms with E-state index in [4.69, 9.17) is 0 Å². The van der Waals surface area contributed by atoms with Crippen LogP contribution in [0, 0.1) is 0 Å². The Morgan fingerprint density at radius 1 is 1.03 bits per heavy atom. The second kappa shape index (κ2) is 8.38. The van der Waals surface area contributed by atoms with Crippen molar-refractivity contribution in [2.75, 3.05) is 0 Å². The predicted octanol–water partition coefficient (Wildman–Crippen LogP) is 2.21. The Bertz CT molecular complexity index is 1230. The molecule has 0 unspecified atom stereocenters. The van der Waals surface area contributed by atoms with Gasteiger partial charge in [-0.05, 0) is 31.6 Å². The Morgan fingerprint density at radius 2 is 1.66 bits per heavy atom. The molecule has 0 radical (unpaired) electrons. The summed E-state index contributed by atoms with van der Waals surface area (Å²) < 4.78 is 25.5. The van der Waals surface area contributed by atoms with Gasteiger partial charge in [-0.1, -0.05) is 48.5 Å². The fourth-order valence-corrected chi connectivity index (χ4v) is 3.31. The minimum absolute atomic E-state index is 0.0522. The summed E-state index contributed by atoms with van der Waals surface area (Å²) in [6, 6.07) is 15.1. The summed E-state index contributed by atoms with van der Waals surface area (Å²) >= 11 is 0. The summed E-state index contributed by atoms with van der Waals surface area (Å²) in [5.41, 5.74) is 2.47. The second-order valence-electron chi connectivity index (χ2n) is 6.55. The third-order valence-corrected chi connectivity index (χ3v) is 4.96. The van der Waals surface area contributed by atoms with Crippen LogP contribution in [0.1, 0.15) is 35.9 Å². The summed E-state index contributed by atoms with van der Waals surface area (Å²) in [4.78, 5) is 27.2. The van der Waals surface area contributed by atoms with E-state index in [1.165, 1.54) is 10.8 Å². The SMILES string of the molecule is CC(C)n1nc(C(=O)NNS(=O)(=O)C=Cc2ccccc2)c2ccccc2c1=O. The summed E-state index contributed by atoms with van der Waals surface area (Å²) in [6.07, 6.45) is 1.40. The third-order valence-electron chi connectivity index (χ3n) is 4.08. The molecule has 3 aromatic rings. The number of hydrazine groups is 1. The average molecular weight is 412 g/mol. The van der Waals surface area contributed by atoms with Crippen LogP contribution >= 0.6 is 0 Å². The number of hydrogen-bond donors (Lipinski definition) is 2. The number of fused-ring (bicyclic) bond motifs is 1. The highest BCUT2D eigenvalue weighted by Crippen LogP contribution is 2.14. The van der Waals surface area contributed by atoms with Gasteiger partial charge in [0.2, 0.25) is 0 Å². The molecule has 2 N–H and O–H groups in total. The zero-order valence-electron chi connectivity index (χ0n) is 15.9. The van der Waals surface area contributed by atoms with Gasteiger partial charge in [-0.25, -0.2) is 13.1 Å². The van der Waals surface area contributed by atoms with E-state index in [1.807, 2.05) is 10.9 Å². The predicted molar refractivity (Wildman–Crippen MR) is 111 cm³/mol. The van der Waals surface area contributed by atoms with Gasteiger partial charge in [-0.15, -0.1) is 4.83 Å². The van der Waals surface area contributed by atoms with E-state index in [-0.39, 0.29) is 17.3 Å². The molecule has 1 aromatic heterocycles. The average Bonchev–Trinajstić information content (AvgIpc) is 2.72. The molecule has 0 saturated heterocycles. The Labute approximate surface area is 167 Å². The maximum atomic E-state index is 12.6. The molecule has 0 atom stereocenters. The molecule has 2 aromatic carbocycles. The first-order chi connectivity index (χ1) is 13.8. The number of nitrogens with zero attached hydrogens (tertiary/aromatic N) is 2. The fraction of sp³-hybridized carbons (Fsp3) is 0.150. The van der Waals surface area contributed by atoms with Crippen LogP contribution < -0.4 is 15.8 Å². The van der Waals surface area contributed by atoms with Crippen molar-refractivity contribution in [3.8, 4) is 0 Å². The zero-order chi connectivity index (χ0) is 21.0. The summed E-state index contributed by atoms with van der Waals surface area (Å²) in [7, 11) is -3.93. The van der Waals surface area contributed by atoms with Crippen molar-refractivity contribution in [3.63, 3.8) is 0 Å². The number of carbonyl (C=O) groups excluding carboxylic acids is 1. The largest absolute Gasteiger partial charge is 0.287 e. The second-order valence-corrected chi connectivity index (χ2v) is 8.12. The monoisotopic (exact) mass is 412 g/mol. The summed E-state index contributed by atoms with van der Waals surface area (Å²) in [6.45, 7) is 3.53. The van der Waals surface area contributed by atoms with Gasteiger partial charge < -0.3 is 0 Å². The first kappa shape index (κ1) is 20.4. The maximum absolute atomic E-state index is 12.6. The molecule has 0 aliphatic carbocycles. The Kier molecular flexibility index (Phi) is 5.90. The molecule has 0 saturated carbocycles. The molecule has 150 valence electrons. The van der Waals surface area contributed by atoms with E-state index in [0.29, 0.717) is 16.3 Å². The van der Waals surface area contributed by atoms with Gasteiger partial charge >= 0.3 is 0 Å². The van der Waals surface area contributed by atoms with Gasteiger partial charge in [-0.3, -0.25) is 15.0 Å². The van der Waals surface area contributed by atoms with Crippen molar-refractivity contribution in [2.45, 2.75) is 19.9 Å². The number of carbonyl (C=O) groups is 1. The van der Waals surface area contributed by atoms with Crippen molar-refractivity contribution >= 4 is 32.8 Å². The highest BCUT2D eigenvalue weighted by Gasteiger charge is 2.18. The molecule has 1 heterocycles. The van der Waals surface area contributed by atoms with E-state index < -0.39 is 15.9 Å². The number of rotatable bonds is 6.